The van der Waals surface area contributed by atoms with Crippen LogP contribution in [0.5, 0.6) is 0 Å². The van der Waals surface area contributed by atoms with E-state index in [1.54, 1.807) is 21.7 Å². The first-order valence-electron chi connectivity index (χ1n) is 12.2. The molecule has 37 heavy (non-hydrogen) atoms. The lowest BCUT2D eigenvalue weighted by molar-refractivity contribution is -0.142. The van der Waals surface area contributed by atoms with E-state index >= 15 is 0 Å². The van der Waals surface area contributed by atoms with Crippen LogP contribution in [0.4, 0.5) is 13.2 Å². The van der Waals surface area contributed by atoms with Crippen LogP contribution in [-0.4, -0.2) is 66.3 Å². The topological polar surface area (TPSA) is 71.6 Å². The molecule has 1 aromatic carbocycles. The molecule has 0 N–H and O–H groups in total. The zero-order chi connectivity index (χ0) is 26.3. The summed E-state index contributed by atoms with van der Waals surface area (Å²) in [6, 6.07) is 9.63. The lowest BCUT2D eigenvalue weighted by Crippen LogP contribution is -2.48. The molecule has 1 aliphatic rings. The van der Waals surface area contributed by atoms with Crippen molar-refractivity contribution in [2.45, 2.75) is 32.5 Å². The summed E-state index contributed by atoms with van der Waals surface area (Å²) in [5, 5.41) is 8.21. The van der Waals surface area contributed by atoms with E-state index in [0.29, 0.717) is 37.7 Å². The van der Waals surface area contributed by atoms with Gasteiger partial charge in [0.1, 0.15) is 0 Å². The highest BCUT2D eigenvalue weighted by molar-refractivity contribution is 5.93. The number of halogens is 3. The summed E-state index contributed by atoms with van der Waals surface area (Å²) in [5.74, 6) is -0.0988. The number of rotatable bonds is 5. The van der Waals surface area contributed by atoms with E-state index in [2.05, 4.69) is 20.1 Å². The first-order chi connectivity index (χ1) is 17.6. The number of hydrogen-bond donors (Lipinski definition) is 0. The number of carbonyl (C=O) groups is 1. The monoisotopic (exact) mass is 511 g/mol. The van der Waals surface area contributed by atoms with Crippen molar-refractivity contribution in [3.05, 3.63) is 71.3 Å². The van der Waals surface area contributed by atoms with Gasteiger partial charge in [-0.25, -0.2) is 9.50 Å². The summed E-state index contributed by atoms with van der Waals surface area (Å²) in [5.41, 5.74) is 1.87. The Morgan fingerprint density at radius 3 is 2.35 bits per heavy atom. The molecule has 0 unspecified atom stereocenters. The standard InChI is InChI=1S/C26H28F3N7O/c1-17(2)19-4-6-20(7-5-19)21-12-23(26(27,28)29)36-24(31-21)13-22(32-36)25(37)35-10-8-34(9-11-35)16-18-14-30-33(3)15-18/h4-7,12-15,17H,8-11,16H2,1-3H3. The minimum Gasteiger partial charge on any atom is -0.335 e. The zero-order valence-electron chi connectivity index (χ0n) is 20.9. The number of carbonyl (C=O) groups excluding carboxylic acids is 1. The maximum atomic E-state index is 14.0. The number of alkyl halides is 3. The third kappa shape index (κ3) is 5.22. The Labute approximate surface area is 212 Å². The van der Waals surface area contributed by atoms with E-state index in [0.717, 1.165) is 28.3 Å². The van der Waals surface area contributed by atoms with Gasteiger partial charge < -0.3 is 4.90 Å². The molecule has 5 rings (SSSR count). The van der Waals surface area contributed by atoms with E-state index in [9.17, 15) is 18.0 Å². The Bertz CT molecular complexity index is 1410. The van der Waals surface area contributed by atoms with Crippen LogP contribution in [0.1, 0.15) is 47.1 Å². The van der Waals surface area contributed by atoms with Gasteiger partial charge in [0.15, 0.2) is 17.0 Å². The van der Waals surface area contributed by atoms with E-state index in [1.807, 2.05) is 45.4 Å². The largest absolute Gasteiger partial charge is 0.433 e. The van der Waals surface area contributed by atoms with Crippen molar-refractivity contribution in [1.82, 2.24) is 34.2 Å². The lowest BCUT2D eigenvalue weighted by atomic mass is 10.0. The van der Waals surface area contributed by atoms with Crippen molar-refractivity contribution in [2.24, 2.45) is 7.05 Å². The molecule has 11 heteroatoms. The third-order valence-corrected chi connectivity index (χ3v) is 6.63. The number of benzene rings is 1. The first-order valence-corrected chi connectivity index (χ1v) is 12.2. The van der Waals surface area contributed by atoms with Crippen LogP contribution in [0.15, 0.2) is 48.8 Å². The SMILES string of the molecule is CC(C)c1ccc(-c2cc(C(F)(F)F)n3nc(C(=O)N4CCN(Cc5cnn(C)c5)CC4)cc3n2)cc1. The summed E-state index contributed by atoms with van der Waals surface area (Å²) in [7, 11) is 1.86. The Morgan fingerprint density at radius 2 is 1.76 bits per heavy atom. The van der Waals surface area contributed by atoms with E-state index in [4.69, 9.17) is 0 Å². The quantitative estimate of drug-likeness (QED) is 0.401. The molecule has 0 saturated carbocycles. The molecule has 1 saturated heterocycles. The van der Waals surface area contributed by atoms with Crippen LogP contribution < -0.4 is 0 Å². The number of aryl methyl sites for hydroxylation is 1. The number of fused-ring (bicyclic) bond motifs is 1. The molecule has 0 spiro atoms. The van der Waals surface area contributed by atoms with Gasteiger partial charge in [0.2, 0.25) is 0 Å². The van der Waals surface area contributed by atoms with Crippen LogP contribution in [0.25, 0.3) is 16.9 Å². The highest BCUT2D eigenvalue weighted by atomic mass is 19.4. The van der Waals surface area contributed by atoms with Crippen LogP contribution in [-0.2, 0) is 19.8 Å². The minimum absolute atomic E-state index is 0.0173. The number of hydrogen-bond acceptors (Lipinski definition) is 5. The van der Waals surface area contributed by atoms with Crippen molar-refractivity contribution in [3.63, 3.8) is 0 Å². The molecular weight excluding hydrogens is 483 g/mol. The maximum absolute atomic E-state index is 14.0. The second-order valence-corrected chi connectivity index (χ2v) is 9.69. The van der Waals surface area contributed by atoms with E-state index in [-0.39, 0.29) is 17.0 Å². The summed E-state index contributed by atoms with van der Waals surface area (Å²) >= 11 is 0. The van der Waals surface area contributed by atoms with Crippen molar-refractivity contribution >= 4 is 11.6 Å². The maximum Gasteiger partial charge on any atom is 0.433 e. The minimum atomic E-state index is -4.67. The Hall–Kier alpha value is -3.73. The summed E-state index contributed by atoms with van der Waals surface area (Å²) in [4.78, 5) is 21.4. The van der Waals surface area contributed by atoms with Crippen LogP contribution in [0.3, 0.4) is 0 Å². The molecule has 194 valence electrons. The molecule has 8 nitrogen and oxygen atoms in total. The lowest BCUT2D eigenvalue weighted by Gasteiger charge is -2.34. The third-order valence-electron chi connectivity index (χ3n) is 6.63. The second kappa shape index (κ2) is 9.62. The van der Waals surface area contributed by atoms with Gasteiger partial charge in [-0.3, -0.25) is 14.4 Å². The molecule has 1 fully saturated rings. The molecular formula is C26H28F3N7O. The van der Waals surface area contributed by atoms with Crippen molar-refractivity contribution < 1.29 is 18.0 Å². The Balaban J connectivity index is 1.38. The normalized spacial score (nSPS) is 15.2. The fourth-order valence-corrected chi connectivity index (χ4v) is 4.55. The smallest absolute Gasteiger partial charge is 0.335 e. The van der Waals surface area contributed by atoms with Gasteiger partial charge in [0.05, 0.1) is 11.9 Å². The van der Waals surface area contributed by atoms with Gasteiger partial charge in [-0.2, -0.15) is 23.4 Å². The second-order valence-electron chi connectivity index (χ2n) is 9.69. The average Bonchev–Trinajstić information content (AvgIpc) is 3.48. The zero-order valence-corrected chi connectivity index (χ0v) is 20.9. The molecule has 0 radical (unpaired) electrons. The van der Waals surface area contributed by atoms with Gasteiger partial charge in [0.25, 0.3) is 5.91 Å². The fourth-order valence-electron chi connectivity index (χ4n) is 4.55. The van der Waals surface area contributed by atoms with Crippen LogP contribution in [0.2, 0.25) is 0 Å². The number of amides is 1. The first kappa shape index (κ1) is 24.9. The summed E-state index contributed by atoms with van der Waals surface area (Å²) in [6.45, 7) is 7.04. The molecule has 1 aliphatic heterocycles. The summed E-state index contributed by atoms with van der Waals surface area (Å²) in [6.07, 6.45) is -0.906. The highest BCUT2D eigenvalue weighted by Crippen LogP contribution is 2.33. The molecule has 0 atom stereocenters. The van der Waals surface area contributed by atoms with Crippen molar-refractivity contribution in [3.8, 4) is 11.3 Å². The Morgan fingerprint density at radius 1 is 1.05 bits per heavy atom. The van der Waals surface area contributed by atoms with Gasteiger partial charge in [-0.1, -0.05) is 38.1 Å². The number of piperazine rings is 1. The predicted octanol–water partition coefficient (Wildman–Crippen LogP) is 4.23. The number of nitrogens with zero attached hydrogens (tertiary/aromatic N) is 7. The summed E-state index contributed by atoms with van der Waals surface area (Å²) < 4.78 is 44.4. The average molecular weight is 512 g/mol. The molecule has 0 bridgehead atoms. The molecule has 0 aliphatic carbocycles. The van der Waals surface area contributed by atoms with Crippen molar-refractivity contribution in [1.29, 1.82) is 0 Å². The fraction of sp³-hybridized carbons (Fsp3) is 0.385. The van der Waals surface area contributed by atoms with Gasteiger partial charge in [-0.05, 0) is 17.5 Å². The predicted molar refractivity (Wildman–Crippen MR) is 132 cm³/mol. The molecule has 4 aromatic rings. The van der Waals surface area contributed by atoms with Crippen molar-refractivity contribution in [2.75, 3.05) is 26.2 Å². The van der Waals surface area contributed by atoms with Gasteiger partial charge >= 0.3 is 6.18 Å². The van der Waals surface area contributed by atoms with Crippen LogP contribution >= 0.6 is 0 Å². The van der Waals surface area contributed by atoms with Crippen LogP contribution in [0, 0.1) is 0 Å². The van der Waals surface area contributed by atoms with E-state index < -0.39 is 17.8 Å². The highest BCUT2D eigenvalue weighted by Gasteiger charge is 2.36. The Kier molecular flexibility index (Phi) is 6.49. The van der Waals surface area contributed by atoms with Gasteiger partial charge in [0, 0.05) is 63.2 Å². The molecule has 1 amide bonds. The van der Waals surface area contributed by atoms with E-state index in [1.165, 1.54) is 6.07 Å². The molecule has 4 heterocycles. The van der Waals surface area contributed by atoms with Gasteiger partial charge in [-0.15, -0.1) is 0 Å². The molecule has 3 aromatic heterocycles. The number of aromatic nitrogens is 5.